The standard InChI is InChI=1S/C12H27N3/c1-5-12(13-6-2)10-15-8-7-14(4)9-11(15)3/h11-13H,5-10H2,1-4H3. The molecule has 0 aromatic carbocycles. The van der Waals surface area contributed by atoms with Crippen LogP contribution in [-0.4, -0.2) is 61.7 Å². The van der Waals surface area contributed by atoms with E-state index in [0.29, 0.717) is 12.1 Å². The van der Waals surface area contributed by atoms with Crippen molar-refractivity contribution >= 4 is 0 Å². The molecule has 2 atom stereocenters. The Labute approximate surface area is 94.8 Å². The first-order valence-corrected chi connectivity index (χ1v) is 6.33. The van der Waals surface area contributed by atoms with E-state index in [9.17, 15) is 0 Å². The summed E-state index contributed by atoms with van der Waals surface area (Å²) in [4.78, 5) is 5.05. The number of piperazine rings is 1. The predicted molar refractivity (Wildman–Crippen MR) is 66.3 cm³/mol. The number of nitrogens with one attached hydrogen (secondary N) is 1. The molecule has 1 saturated heterocycles. The summed E-state index contributed by atoms with van der Waals surface area (Å²) in [6, 6.07) is 1.37. The summed E-state index contributed by atoms with van der Waals surface area (Å²) in [5.74, 6) is 0. The van der Waals surface area contributed by atoms with Crippen LogP contribution in [0.2, 0.25) is 0 Å². The molecule has 0 radical (unpaired) electrons. The number of nitrogens with zero attached hydrogens (tertiary/aromatic N) is 2. The maximum atomic E-state index is 3.56. The Morgan fingerprint density at radius 1 is 1.33 bits per heavy atom. The molecule has 1 heterocycles. The van der Waals surface area contributed by atoms with E-state index in [4.69, 9.17) is 0 Å². The monoisotopic (exact) mass is 213 g/mol. The molecule has 15 heavy (non-hydrogen) atoms. The molecule has 0 aliphatic carbocycles. The molecule has 90 valence electrons. The van der Waals surface area contributed by atoms with Crippen molar-refractivity contribution in [3.05, 3.63) is 0 Å². The minimum atomic E-state index is 0.667. The number of hydrogen-bond acceptors (Lipinski definition) is 3. The van der Waals surface area contributed by atoms with Crippen molar-refractivity contribution in [3.63, 3.8) is 0 Å². The molecule has 0 bridgehead atoms. The molecule has 2 unspecified atom stereocenters. The van der Waals surface area contributed by atoms with Gasteiger partial charge < -0.3 is 10.2 Å². The molecule has 0 aromatic rings. The first kappa shape index (κ1) is 12.9. The Morgan fingerprint density at radius 2 is 2.07 bits per heavy atom. The van der Waals surface area contributed by atoms with Gasteiger partial charge in [-0.2, -0.15) is 0 Å². The van der Waals surface area contributed by atoms with Crippen LogP contribution in [0.4, 0.5) is 0 Å². The van der Waals surface area contributed by atoms with Gasteiger partial charge in [-0.25, -0.2) is 0 Å². The van der Waals surface area contributed by atoms with Crippen molar-refractivity contribution in [2.24, 2.45) is 0 Å². The second-order valence-corrected chi connectivity index (χ2v) is 4.77. The third-order valence-corrected chi connectivity index (χ3v) is 3.41. The van der Waals surface area contributed by atoms with Crippen LogP contribution in [0.3, 0.4) is 0 Å². The van der Waals surface area contributed by atoms with E-state index < -0.39 is 0 Å². The zero-order chi connectivity index (χ0) is 11.3. The second kappa shape index (κ2) is 6.46. The van der Waals surface area contributed by atoms with Gasteiger partial charge in [-0.1, -0.05) is 13.8 Å². The molecule has 1 rings (SSSR count). The van der Waals surface area contributed by atoms with Gasteiger partial charge in [0.05, 0.1) is 0 Å². The van der Waals surface area contributed by atoms with Crippen molar-refractivity contribution in [1.29, 1.82) is 0 Å². The van der Waals surface area contributed by atoms with E-state index in [1.807, 2.05) is 0 Å². The molecule has 3 heteroatoms. The highest BCUT2D eigenvalue weighted by atomic mass is 15.3. The van der Waals surface area contributed by atoms with Gasteiger partial charge in [0.15, 0.2) is 0 Å². The quantitative estimate of drug-likeness (QED) is 0.735. The van der Waals surface area contributed by atoms with E-state index >= 15 is 0 Å². The van der Waals surface area contributed by atoms with Crippen molar-refractivity contribution in [2.75, 3.05) is 39.8 Å². The average molecular weight is 213 g/mol. The summed E-state index contributed by atoms with van der Waals surface area (Å²) in [6.45, 7) is 12.7. The third kappa shape index (κ3) is 4.09. The molecule has 3 nitrogen and oxygen atoms in total. The van der Waals surface area contributed by atoms with E-state index in [-0.39, 0.29) is 0 Å². The molecule has 1 fully saturated rings. The van der Waals surface area contributed by atoms with Crippen LogP contribution < -0.4 is 5.32 Å². The lowest BCUT2D eigenvalue weighted by molar-refractivity contribution is 0.0901. The fourth-order valence-corrected chi connectivity index (χ4v) is 2.36. The molecule has 0 amide bonds. The summed E-state index contributed by atoms with van der Waals surface area (Å²) >= 11 is 0. The molecular weight excluding hydrogens is 186 g/mol. The SMILES string of the molecule is CCNC(CC)CN1CCN(C)CC1C. The van der Waals surface area contributed by atoms with Gasteiger partial charge >= 0.3 is 0 Å². The molecular formula is C12H27N3. The second-order valence-electron chi connectivity index (χ2n) is 4.77. The average Bonchev–Trinajstić information content (AvgIpc) is 2.21. The number of rotatable bonds is 5. The van der Waals surface area contributed by atoms with Gasteiger partial charge in [-0.15, -0.1) is 0 Å². The van der Waals surface area contributed by atoms with Gasteiger partial charge in [0.2, 0.25) is 0 Å². The fraction of sp³-hybridized carbons (Fsp3) is 1.00. The van der Waals surface area contributed by atoms with Crippen LogP contribution in [0.5, 0.6) is 0 Å². The number of likely N-dealkylation sites (N-methyl/N-ethyl adjacent to an activating group) is 2. The maximum Gasteiger partial charge on any atom is 0.0195 e. The van der Waals surface area contributed by atoms with Crippen molar-refractivity contribution in [1.82, 2.24) is 15.1 Å². The summed E-state index contributed by atoms with van der Waals surface area (Å²) in [7, 11) is 2.22. The minimum absolute atomic E-state index is 0.667. The largest absolute Gasteiger partial charge is 0.313 e. The van der Waals surface area contributed by atoms with Crippen LogP contribution in [0.1, 0.15) is 27.2 Å². The van der Waals surface area contributed by atoms with Crippen molar-refractivity contribution in [3.8, 4) is 0 Å². The molecule has 0 saturated carbocycles. The van der Waals surface area contributed by atoms with Crippen LogP contribution in [-0.2, 0) is 0 Å². The van der Waals surface area contributed by atoms with E-state index in [1.165, 1.54) is 32.6 Å². The number of hydrogen-bond donors (Lipinski definition) is 1. The van der Waals surface area contributed by atoms with Gasteiger partial charge in [-0.3, -0.25) is 4.90 Å². The summed E-state index contributed by atoms with van der Waals surface area (Å²) < 4.78 is 0. The van der Waals surface area contributed by atoms with E-state index in [0.717, 1.165) is 6.54 Å². The van der Waals surface area contributed by atoms with Crippen LogP contribution in [0, 0.1) is 0 Å². The Bertz CT molecular complexity index is 172. The Morgan fingerprint density at radius 3 is 2.60 bits per heavy atom. The fourth-order valence-electron chi connectivity index (χ4n) is 2.36. The van der Waals surface area contributed by atoms with Gasteiger partial charge in [0.25, 0.3) is 0 Å². The third-order valence-electron chi connectivity index (χ3n) is 3.41. The van der Waals surface area contributed by atoms with Gasteiger partial charge in [0.1, 0.15) is 0 Å². The molecule has 1 N–H and O–H groups in total. The molecule has 0 aromatic heterocycles. The van der Waals surface area contributed by atoms with E-state index in [1.54, 1.807) is 0 Å². The highest BCUT2D eigenvalue weighted by Crippen LogP contribution is 2.09. The highest BCUT2D eigenvalue weighted by Gasteiger charge is 2.22. The smallest absolute Gasteiger partial charge is 0.0195 e. The van der Waals surface area contributed by atoms with Crippen molar-refractivity contribution in [2.45, 2.75) is 39.3 Å². The van der Waals surface area contributed by atoms with Crippen LogP contribution in [0.15, 0.2) is 0 Å². The Hall–Kier alpha value is -0.120. The Balaban J connectivity index is 2.35. The lowest BCUT2D eigenvalue weighted by Gasteiger charge is -2.40. The predicted octanol–water partition coefficient (Wildman–Crippen LogP) is 1.01. The molecule has 0 spiro atoms. The van der Waals surface area contributed by atoms with Crippen molar-refractivity contribution < 1.29 is 0 Å². The normalized spacial score (nSPS) is 26.8. The summed E-state index contributed by atoms with van der Waals surface area (Å²) in [6.07, 6.45) is 1.23. The maximum absolute atomic E-state index is 3.56. The first-order valence-electron chi connectivity index (χ1n) is 6.33. The van der Waals surface area contributed by atoms with Gasteiger partial charge in [-0.05, 0) is 26.9 Å². The van der Waals surface area contributed by atoms with Gasteiger partial charge in [0, 0.05) is 38.3 Å². The van der Waals surface area contributed by atoms with E-state index in [2.05, 4.69) is 42.9 Å². The minimum Gasteiger partial charge on any atom is -0.313 e. The lowest BCUT2D eigenvalue weighted by Crippen LogP contribution is -2.54. The summed E-state index contributed by atoms with van der Waals surface area (Å²) in [5, 5.41) is 3.56. The molecule has 1 aliphatic heterocycles. The lowest BCUT2D eigenvalue weighted by atomic mass is 10.1. The highest BCUT2D eigenvalue weighted by molar-refractivity contribution is 4.80. The zero-order valence-electron chi connectivity index (χ0n) is 10.8. The summed E-state index contributed by atoms with van der Waals surface area (Å²) in [5.41, 5.74) is 0. The topological polar surface area (TPSA) is 18.5 Å². The Kier molecular flexibility index (Phi) is 5.58. The van der Waals surface area contributed by atoms with Crippen LogP contribution in [0.25, 0.3) is 0 Å². The molecule has 1 aliphatic rings. The first-order chi connectivity index (χ1) is 7.17. The zero-order valence-corrected chi connectivity index (χ0v) is 10.8. The van der Waals surface area contributed by atoms with Crippen LogP contribution >= 0.6 is 0 Å².